The zero-order chi connectivity index (χ0) is 13.1. The van der Waals surface area contributed by atoms with Crippen molar-refractivity contribution in [2.24, 2.45) is 7.05 Å². The predicted octanol–water partition coefficient (Wildman–Crippen LogP) is 2.35. The fourth-order valence-corrected chi connectivity index (χ4v) is 1.76. The second kappa shape index (κ2) is 5.10. The third-order valence-corrected chi connectivity index (χ3v) is 2.78. The number of hydrogen-bond acceptors (Lipinski definition) is 3. The normalized spacial score (nSPS) is 10.3. The predicted molar refractivity (Wildman–Crippen MR) is 66.0 cm³/mol. The Morgan fingerprint density at radius 1 is 1.56 bits per heavy atom. The number of nitrogens with zero attached hydrogens (tertiary/aromatic N) is 2. The SMILES string of the molecule is Cn1ccnc1COc1cccc(Cl)c1C(=O)O. The molecule has 1 aromatic carbocycles. The van der Waals surface area contributed by atoms with Crippen molar-refractivity contribution < 1.29 is 14.6 Å². The Balaban J connectivity index is 2.22. The van der Waals surface area contributed by atoms with Crippen LogP contribution < -0.4 is 4.74 Å². The number of aryl methyl sites for hydroxylation is 1. The number of aromatic nitrogens is 2. The summed E-state index contributed by atoms with van der Waals surface area (Å²) in [5, 5.41) is 9.23. The van der Waals surface area contributed by atoms with Crippen molar-refractivity contribution in [3.63, 3.8) is 0 Å². The van der Waals surface area contributed by atoms with Crippen molar-refractivity contribution in [2.75, 3.05) is 0 Å². The summed E-state index contributed by atoms with van der Waals surface area (Å²) >= 11 is 5.83. The maximum atomic E-state index is 11.1. The van der Waals surface area contributed by atoms with E-state index >= 15 is 0 Å². The first-order valence-electron chi connectivity index (χ1n) is 5.20. The molecule has 5 nitrogen and oxygen atoms in total. The summed E-state index contributed by atoms with van der Waals surface area (Å²) in [6, 6.07) is 4.72. The number of imidazole rings is 1. The van der Waals surface area contributed by atoms with E-state index < -0.39 is 5.97 Å². The van der Waals surface area contributed by atoms with Crippen LogP contribution in [0, 0.1) is 0 Å². The quantitative estimate of drug-likeness (QED) is 0.923. The Morgan fingerprint density at radius 3 is 2.94 bits per heavy atom. The summed E-state index contributed by atoms with van der Waals surface area (Å²) in [6.07, 6.45) is 3.43. The first-order valence-corrected chi connectivity index (χ1v) is 5.58. The van der Waals surface area contributed by atoms with E-state index in [9.17, 15) is 4.79 Å². The third kappa shape index (κ3) is 2.46. The maximum absolute atomic E-state index is 11.1. The smallest absolute Gasteiger partial charge is 0.341 e. The number of rotatable bonds is 4. The van der Waals surface area contributed by atoms with E-state index in [1.165, 1.54) is 6.07 Å². The van der Waals surface area contributed by atoms with Gasteiger partial charge in [0.2, 0.25) is 0 Å². The molecule has 0 amide bonds. The standard InChI is InChI=1S/C12H11ClN2O3/c1-15-6-5-14-10(15)7-18-9-4-2-3-8(13)11(9)12(16)17/h2-6H,7H2,1H3,(H,16,17). The number of aromatic carboxylic acids is 1. The van der Waals surface area contributed by atoms with Crippen LogP contribution in [-0.4, -0.2) is 20.6 Å². The molecule has 0 aliphatic heterocycles. The number of halogens is 1. The summed E-state index contributed by atoms with van der Waals surface area (Å²) < 4.78 is 7.25. The largest absolute Gasteiger partial charge is 0.485 e. The van der Waals surface area contributed by atoms with Crippen LogP contribution in [0.3, 0.4) is 0 Å². The lowest BCUT2D eigenvalue weighted by Crippen LogP contribution is -2.07. The van der Waals surface area contributed by atoms with E-state index in [1.54, 1.807) is 29.1 Å². The van der Waals surface area contributed by atoms with Gasteiger partial charge in [0, 0.05) is 19.4 Å². The molecule has 2 rings (SSSR count). The lowest BCUT2D eigenvalue weighted by Gasteiger charge is -2.09. The summed E-state index contributed by atoms with van der Waals surface area (Å²) in [6.45, 7) is 0.185. The van der Waals surface area contributed by atoms with Crippen molar-refractivity contribution in [2.45, 2.75) is 6.61 Å². The molecule has 94 valence electrons. The first kappa shape index (κ1) is 12.4. The number of carboxylic acid groups (broad SMARTS) is 1. The number of carbonyl (C=O) groups is 1. The van der Waals surface area contributed by atoms with Crippen molar-refractivity contribution in [1.82, 2.24) is 9.55 Å². The van der Waals surface area contributed by atoms with Crippen LogP contribution in [0.15, 0.2) is 30.6 Å². The highest BCUT2D eigenvalue weighted by atomic mass is 35.5. The summed E-state index contributed by atoms with van der Waals surface area (Å²) in [4.78, 5) is 15.2. The topological polar surface area (TPSA) is 64.4 Å². The van der Waals surface area contributed by atoms with E-state index in [4.69, 9.17) is 21.4 Å². The molecule has 0 atom stereocenters. The number of hydrogen-bond donors (Lipinski definition) is 1. The second-order valence-corrected chi connectivity index (χ2v) is 4.07. The Hall–Kier alpha value is -2.01. The third-order valence-electron chi connectivity index (χ3n) is 2.47. The molecular formula is C12H11ClN2O3. The molecule has 0 saturated carbocycles. The molecule has 1 aromatic heterocycles. The van der Waals surface area contributed by atoms with Crippen LogP contribution in [0.4, 0.5) is 0 Å². The molecule has 0 unspecified atom stereocenters. The number of ether oxygens (including phenoxy) is 1. The Kier molecular flexibility index (Phi) is 3.53. The molecule has 0 aliphatic carbocycles. The zero-order valence-corrected chi connectivity index (χ0v) is 10.4. The highest BCUT2D eigenvalue weighted by Crippen LogP contribution is 2.26. The fourth-order valence-electron chi connectivity index (χ4n) is 1.51. The average Bonchev–Trinajstić information content (AvgIpc) is 2.71. The molecule has 18 heavy (non-hydrogen) atoms. The molecule has 6 heteroatoms. The van der Waals surface area contributed by atoms with Gasteiger partial charge in [-0.05, 0) is 12.1 Å². The minimum absolute atomic E-state index is 0.0339. The molecule has 0 saturated heterocycles. The molecular weight excluding hydrogens is 256 g/mol. The molecule has 0 bridgehead atoms. The highest BCUT2D eigenvalue weighted by molar-refractivity contribution is 6.33. The van der Waals surface area contributed by atoms with Gasteiger partial charge in [-0.15, -0.1) is 0 Å². The summed E-state index contributed by atoms with van der Waals surface area (Å²) in [5.41, 5.74) is -0.0339. The van der Waals surface area contributed by atoms with Gasteiger partial charge >= 0.3 is 5.97 Å². The molecule has 1 heterocycles. The van der Waals surface area contributed by atoms with E-state index in [1.807, 2.05) is 7.05 Å². The molecule has 1 N–H and O–H groups in total. The first-order chi connectivity index (χ1) is 8.59. The van der Waals surface area contributed by atoms with E-state index in [0.717, 1.165) is 0 Å². The van der Waals surface area contributed by atoms with E-state index in [0.29, 0.717) is 5.82 Å². The van der Waals surface area contributed by atoms with Crippen LogP contribution in [-0.2, 0) is 13.7 Å². The monoisotopic (exact) mass is 266 g/mol. The van der Waals surface area contributed by atoms with Gasteiger partial charge in [0.25, 0.3) is 0 Å². The summed E-state index contributed by atoms with van der Waals surface area (Å²) in [5.74, 6) is -0.181. The zero-order valence-electron chi connectivity index (χ0n) is 9.63. The highest BCUT2D eigenvalue weighted by Gasteiger charge is 2.15. The minimum Gasteiger partial charge on any atom is -0.485 e. The van der Waals surface area contributed by atoms with Gasteiger partial charge in [0.1, 0.15) is 23.7 Å². The van der Waals surface area contributed by atoms with Crippen LogP contribution >= 0.6 is 11.6 Å². The lowest BCUT2D eigenvalue weighted by atomic mass is 10.2. The van der Waals surface area contributed by atoms with E-state index in [2.05, 4.69) is 4.98 Å². The minimum atomic E-state index is -1.12. The van der Waals surface area contributed by atoms with Crippen LogP contribution in [0.1, 0.15) is 16.2 Å². The van der Waals surface area contributed by atoms with E-state index in [-0.39, 0.29) is 22.9 Å². The van der Waals surface area contributed by atoms with Crippen molar-refractivity contribution in [1.29, 1.82) is 0 Å². The maximum Gasteiger partial charge on any atom is 0.341 e. The van der Waals surface area contributed by atoms with Gasteiger partial charge in [0.05, 0.1) is 5.02 Å². The molecule has 0 fully saturated rings. The summed E-state index contributed by atoms with van der Waals surface area (Å²) in [7, 11) is 1.84. The lowest BCUT2D eigenvalue weighted by molar-refractivity contribution is 0.0692. The molecule has 2 aromatic rings. The Morgan fingerprint density at radius 2 is 2.33 bits per heavy atom. The molecule has 0 spiro atoms. The Labute approximate surface area is 109 Å². The van der Waals surface area contributed by atoms with Gasteiger partial charge in [-0.1, -0.05) is 17.7 Å². The van der Waals surface area contributed by atoms with Crippen LogP contribution in [0.5, 0.6) is 5.75 Å². The second-order valence-electron chi connectivity index (χ2n) is 3.66. The van der Waals surface area contributed by atoms with Crippen molar-refractivity contribution >= 4 is 17.6 Å². The molecule has 0 aliphatic rings. The van der Waals surface area contributed by atoms with Gasteiger partial charge in [0.15, 0.2) is 0 Å². The van der Waals surface area contributed by atoms with Crippen molar-refractivity contribution in [3.05, 3.63) is 47.0 Å². The van der Waals surface area contributed by atoms with Gasteiger partial charge in [-0.25, -0.2) is 9.78 Å². The average molecular weight is 267 g/mol. The van der Waals surface area contributed by atoms with Gasteiger partial charge in [-0.3, -0.25) is 0 Å². The van der Waals surface area contributed by atoms with Gasteiger partial charge < -0.3 is 14.4 Å². The van der Waals surface area contributed by atoms with Crippen molar-refractivity contribution in [3.8, 4) is 5.75 Å². The molecule has 0 radical (unpaired) electrons. The van der Waals surface area contributed by atoms with Crippen LogP contribution in [0.25, 0.3) is 0 Å². The van der Waals surface area contributed by atoms with Gasteiger partial charge in [-0.2, -0.15) is 0 Å². The number of benzene rings is 1. The Bertz CT molecular complexity index is 580. The fraction of sp³-hybridized carbons (Fsp3) is 0.167. The van der Waals surface area contributed by atoms with Crippen LogP contribution in [0.2, 0.25) is 5.02 Å². The number of carboxylic acids is 1.